The maximum atomic E-state index is 11.8. The van der Waals surface area contributed by atoms with Gasteiger partial charge in [-0.25, -0.2) is 4.79 Å². The Labute approximate surface area is 106 Å². The van der Waals surface area contributed by atoms with E-state index >= 15 is 0 Å². The fraction of sp³-hybridized carbons (Fsp3) is 0.727. The third kappa shape index (κ3) is 3.19. The topological polar surface area (TPSA) is 72.3 Å². The van der Waals surface area contributed by atoms with Crippen molar-refractivity contribution in [3.8, 4) is 0 Å². The van der Waals surface area contributed by atoms with Gasteiger partial charge in [0.2, 0.25) is 0 Å². The van der Waals surface area contributed by atoms with Gasteiger partial charge in [0.25, 0.3) is 0 Å². The van der Waals surface area contributed by atoms with Crippen molar-refractivity contribution in [2.24, 2.45) is 0 Å². The molecule has 2 amide bonds. The molecule has 0 saturated carbocycles. The molecule has 1 aromatic rings. The molecule has 0 atom stereocenters. The van der Waals surface area contributed by atoms with Crippen molar-refractivity contribution in [3.63, 3.8) is 0 Å². The van der Waals surface area contributed by atoms with Crippen molar-refractivity contribution in [2.75, 3.05) is 33.4 Å². The van der Waals surface area contributed by atoms with Gasteiger partial charge in [-0.1, -0.05) is 0 Å². The molecule has 100 valence electrons. The van der Waals surface area contributed by atoms with Crippen LogP contribution in [0, 0.1) is 0 Å². The molecule has 1 aliphatic rings. The molecular formula is C11H19N5O2. The molecule has 0 aliphatic carbocycles. The molecule has 0 radical (unpaired) electrons. The molecule has 0 unspecified atom stereocenters. The van der Waals surface area contributed by atoms with Crippen molar-refractivity contribution in [3.05, 3.63) is 12.4 Å². The number of nitrogens with zero attached hydrogens (tertiary/aromatic N) is 4. The number of rotatable bonds is 4. The summed E-state index contributed by atoms with van der Waals surface area (Å²) in [6, 6.07) is 0.293. The Kier molecular flexibility index (Phi) is 4.52. The van der Waals surface area contributed by atoms with Gasteiger partial charge in [-0.3, -0.25) is 0 Å². The van der Waals surface area contributed by atoms with Crippen LogP contribution in [0.2, 0.25) is 0 Å². The zero-order valence-corrected chi connectivity index (χ0v) is 10.6. The predicted molar refractivity (Wildman–Crippen MR) is 65.1 cm³/mol. The van der Waals surface area contributed by atoms with E-state index in [2.05, 4.69) is 15.5 Å². The van der Waals surface area contributed by atoms with Gasteiger partial charge in [-0.05, 0) is 12.8 Å². The number of amides is 2. The van der Waals surface area contributed by atoms with Crippen LogP contribution in [0.3, 0.4) is 0 Å². The lowest BCUT2D eigenvalue weighted by Crippen LogP contribution is -2.45. The van der Waals surface area contributed by atoms with Gasteiger partial charge in [0, 0.05) is 26.7 Å². The van der Waals surface area contributed by atoms with Crippen LogP contribution >= 0.6 is 0 Å². The van der Waals surface area contributed by atoms with Crippen molar-refractivity contribution < 1.29 is 9.53 Å². The number of likely N-dealkylation sites (tertiary alicyclic amines) is 1. The maximum Gasteiger partial charge on any atom is 0.317 e. The van der Waals surface area contributed by atoms with E-state index in [1.54, 1.807) is 24.3 Å². The lowest BCUT2D eigenvalue weighted by Gasteiger charge is -2.31. The highest BCUT2D eigenvalue weighted by Gasteiger charge is 2.24. The van der Waals surface area contributed by atoms with Crippen molar-refractivity contribution in [2.45, 2.75) is 18.9 Å². The second-order valence-electron chi connectivity index (χ2n) is 4.29. The minimum Gasteiger partial charge on any atom is -0.383 e. The number of urea groups is 1. The number of ether oxygens (including phenoxy) is 1. The highest BCUT2D eigenvalue weighted by Crippen LogP contribution is 2.20. The van der Waals surface area contributed by atoms with E-state index in [-0.39, 0.29) is 6.03 Å². The summed E-state index contributed by atoms with van der Waals surface area (Å²) in [5, 5.41) is 11.1. The van der Waals surface area contributed by atoms with Crippen LogP contribution in [0.1, 0.15) is 18.9 Å². The molecule has 7 nitrogen and oxygen atoms in total. The Morgan fingerprint density at radius 2 is 2.06 bits per heavy atom. The molecule has 18 heavy (non-hydrogen) atoms. The summed E-state index contributed by atoms with van der Waals surface area (Å²) in [7, 11) is 1.62. The molecule has 1 fully saturated rings. The molecule has 1 saturated heterocycles. The van der Waals surface area contributed by atoms with Gasteiger partial charge in [0.1, 0.15) is 0 Å². The van der Waals surface area contributed by atoms with Gasteiger partial charge in [-0.15, -0.1) is 0 Å². The van der Waals surface area contributed by atoms with Gasteiger partial charge in [0.05, 0.1) is 25.0 Å². The molecule has 0 bridgehead atoms. The Bertz CT molecular complexity index is 360. The fourth-order valence-corrected chi connectivity index (χ4v) is 2.09. The van der Waals surface area contributed by atoms with Crippen LogP contribution in [0.15, 0.2) is 12.4 Å². The third-order valence-electron chi connectivity index (χ3n) is 3.10. The zero-order chi connectivity index (χ0) is 12.8. The Morgan fingerprint density at radius 3 is 2.67 bits per heavy atom. The lowest BCUT2D eigenvalue weighted by molar-refractivity contribution is 0.157. The highest BCUT2D eigenvalue weighted by atomic mass is 16.5. The standard InChI is InChI=1S/C11H19N5O2/c1-18-9-6-12-11(17)15-7-2-10(3-8-15)16-13-4-5-14-16/h4-5,10H,2-3,6-9H2,1H3,(H,12,17). The minimum absolute atomic E-state index is 0.0149. The number of methoxy groups -OCH3 is 1. The molecule has 2 heterocycles. The second kappa shape index (κ2) is 6.34. The van der Waals surface area contributed by atoms with E-state index in [0.29, 0.717) is 19.2 Å². The van der Waals surface area contributed by atoms with Crippen LogP contribution in [0.25, 0.3) is 0 Å². The quantitative estimate of drug-likeness (QED) is 0.782. The summed E-state index contributed by atoms with van der Waals surface area (Å²) in [6.07, 6.45) is 5.16. The van der Waals surface area contributed by atoms with Crippen LogP contribution in [-0.4, -0.2) is 59.3 Å². The molecule has 0 aromatic carbocycles. The first kappa shape index (κ1) is 12.8. The van der Waals surface area contributed by atoms with Crippen LogP contribution in [0.4, 0.5) is 4.79 Å². The number of hydrogen-bond acceptors (Lipinski definition) is 4. The smallest absolute Gasteiger partial charge is 0.317 e. The second-order valence-corrected chi connectivity index (χ2v) is 4.29. The molecule has 0 spiro atoms. The first-order chi connectivity index (χ1) is 8.81. The van der Waals surface area contributed by atoms with E-state index in [1.165, 1.54) is 0 Å². The van der Waals surface area contributed by atoms with E-state index < -0.39 is 0 Å². The maximum absolute atomic E-state index is 11.8. The van der Waals surface area contributed by atoms with Crippen LogP contribution in [-0.2, 0) is 4.74 Å². The number of hydrogen-bond donors (Lipinski definition) is 1. The summed E-state index contributed by atoms with van der Waals surface area (Å²) in [5.74, 6) is 0. The predicted octanol–water partition coefficient (Wildman–Crippen LogP) is 0.271. The first-order valence-electron chi connectivity index (χ1n) is 6.19. The van der Waals surface area contributed by atoms with E-state index in [0.717, 1.165) is 25.9 Å². The summed E-state index contributed by atoms with van der Waals surface area (Å²) < 4.78 is 4.89. The Morgan fingerprint density at radius 1 is 1.39 bits per heavy atom. The van der Waals surface area contributed by atoms with E-state index in [1.807, 2.05) is 4.90 Å². The molecule has 2 rings (SSSR count). The SMILES string of the molecule is COCCNC(=O)N1CCC(n2nccn2)CC1. The fourth-order valence-electron chi connectivity index (χ4n) is 2.09. The van der Waals surface area contributed by atoms with Crippen molar-refractivity contribution >= 4 is 6.03 Å². The summed E-state index contributed by atoms with van der Waals surface area (Å²) in [6.45, 7) is 2.57. The molecule has 1 N–H and O–H groups in total. The third-order valence-corrected chi connectivity index (χ3v) is 3.10. The van der Waals surface area contributed by atoms with Crippen LogP contribution in [0.5, 0.6) is 0 Å². The van der Waals surface area contributed by atoms with Crippen molar-refractivity contribution in [1.29, 1.82) is 0 Å². The Hall–Kier alpha value is -1.63. The minimum atomic E-state index is -0.0149. The molecule has 7 heteroatoms. The number of piperidine rings is 1. The largest absolute Gasteiger partial charge is 0.383 e. The molecule has 1 aromatic heterocycles. The summed E-state index contributed by atoms with van der Waals surface area (Å²) in [5.41, 5.74) is 0. The number of nitrogens with one attached hydrogen (secondary N) is 1. The number of aromatic nitrogens is 3. The van der Waals surface area contributed by atoms with E-state index in [9.17, 15) is 4.79 Å². The van der Waals surface area contributed by atoms with Crippen molar-refractivity contribution in [1.82, 2.24) is 25.2 Å². The van der Waals surface area contributed by atoms with Crippen LogP contribution < -0.4 is 5.32 Å². The zero-order valence-electron chi connectivity index (χ0n) is 10.6. The highest BCUT2D eigenvalue weighted by molar-refractivity contribution is 5.74. The normalized spacial score (nSPS) is 16.8. The van der Waals surface area contributed by atoms with Gasteiger partial charge in [-0.2, -0.15) is 15.0 Å². The number of carbonyl (C=O) groups is 1. The average Bonchev–Trinajstić information content (AvgIpc) is 2.93. The molecular weight excluding hydrogens is 234 g/mol. The summed E-state index contributed by atoms with van der Waals surface area (Å²) >= 11 is 0. The first-order valence-corrected chi connectivity index (χ1v) is 6.19. The van der Waals surface area contributed by atoms with Gasteiger partial charge < -0.3 is 15.0 Å². The van der Waals surface area contributed by atoms with E-state index in [4.69, 9.17) is 4.74 Å². The molecule has 1 aliphatic heterocycles. The Balaban J connectivity index is 1.74. The lowest BCUT2D eigenvalue weighted by atomic mass is 10.1. The summed E-state index contributed by atoms with van der Waals surface area (Å²) in [4.78, 5) is 15.4. The monoisotopic (exact) mass is 253 g/mol. The average molecular weight is 253 g/mol. The van der Waals surface area contributed by atoms with Gasteiger partial charge in [0.15, 0.2) is 0 Å². The number of carbonyl (C=O) groups excluding carboxylic acids is 1. The van der Waals surface area contributed by atoms with Gasteiger partial charge >= 0.3 is 6.03 Å².